The van der Waals surface area contributed by atoms with Gasteiger partial charge in [-0.05, 0) is 5.56 Å². The highest BCUT2D eigenvalue weighted by atomic mass is 35.5. The minimum absolute atomic E-state index is 0. The predicted octanol–water partition coefficient (Wildman–Crippen LogP) is 2.34. The molecule has 3 heteroatoms. The Morgan fingerprint density at radius 2 is 1.70 bits per heavy atom. The van der Waals surface area contributed by atoms with E-state index in [1.165, 1.54) is 0 Å². The van der Waals surface area contributed by atoms with Crippen molar-refractivity contribution in [1.29, 1.82) is 0 Å². The average Bonchev–Trinajstić information content (AvgIpc) is 1.90. The molecule has 0 aliphatic rings. The molecule has 1 aromatic rings. The fraction of sp³-hybridized carbons (Fsp3) is 0.143. The zero-order valence-electron chi connectivity index (χ0n) is 5.20. The summed E-state index contributed by atoms with van der Waals surface area (Å²) in [6.07, 6.45) is 0. The van der Waals surface area contributed by atoms with Crippen LogP contribution in [0.4, 0.5) is 0 Å². The van der Waals surface area contributed by atoms with Crippen LogP contribution < -0.4 is 0 Å². The maximum atomic E-state index is 8.79. The molecule has 56 valence electrons. The monoisotopic (exact) mass is 178 g/mol. The van der Waals surface area contributed by atoms with Gasteiger partial charge >= 0.3 is 0 Å². The normalized spacial score (nSPS) is 11.8. The van der Waals surface area contributed by atoms with Crippen LogP contribution in [0.3, 0.4) is 0 Å². The maximum absolute atomic E-state index is 8.79. The summed E-state index contributed by atoms with van der Waals surface area (Å²) in [6.45, 7) is 0. The molecule has 1 aromatic carbocycles. The van der Waals surface area contributed by atoms with Crippen LogP contribution >= 0.6 is 24.0 Å². The Hall–Kier alpha value is -0.240. The predicted molar refractivity (Wildman–Crippen MR) is 44.5 cm³/mol. The molecule has 0 heterocycles. The Bertz CT molecular complexity index is 174. The van der Waals surface area contributed by atoms with Gasteiger partial charge in [-0.3, -0.25) is 0 Å². The smallest absolute Gasteiger partial charge is 0.153 e. The molecule has 1 unspecified atom stereocenters. The molecule has 0 fully saturated rings. The largest absolute Gasteiger partial charge is 0.373 e. The van der Waals surface area contributed by atoms with Crippen LogP contribution in [0, 0.1) is 0 Å². The first-order valence-corrected chi connectivity index (χ1v) is 3.11. The molecule has 1 nitrogen and oxygen atoms in total. The quantitative estimate of drug-likeness (QED) is 0.656. The SMILES string of the molecule is Cl.OC(Cl)c1ccccc1. The first-order valence-electron chi connectivity index (χ1n) is 2.68. The lowest BCUT2D eigenvalue weighted by Gasteiger charge is -1.98. The van der Waals surface area contributed by atoms with Gasteiger partial charge in [0.2, 0.25) is 0 Å². The molecule has 1 atom stereocenters. The molecular weight excluding hydrogens is 171 g/mol. The zero-order chi connectivity index (χ0) is 6.69. The van der Waals surface area contributed by atoms with Crippen LogP contribution in [0.2, 0.25) is 0 Å². The molecule has 0 amide bonds. The summed E-state index contributed by atoms with van der Waals surface area (Å²) in [5.41, 5.74) is -0.134. The van der Waals surface area contributed by atoms with Crippen molar-refractivity contribution in [2.45, 2.75) is 5.56 Å². The van der Waals surface area contributed by atoms with E-state index in [0.717, 1.165) is 5.56 Å². The lowest BCUT2D eigenvalue weighted by Crippen LogP contribution is -1.84. The average molecular weight is 179 g/mol. The van der Waals surface area contributed by atoms with Crippen LogP contribution in [0.1, 0.15) is 11.1 Å². The molecule has 10 heavy (non-hydrogen) atoms. The molecule has 0 spiro atoms. The van der Waals surface area contributed by atoms with Gasteiger partial charge in [0.25, 0.3) is 0 Å². The van der Waals surface area contributed by atoms with Gasteiger partial charge in [-0.15, -0.1) is 12.4 Å². The number of hydrogen-bond donors (Lipinski definition) is 1. The first-order chi connectivity index (χ1) is 4.30. The van der Waals surface area contributed by atoms with E-state index in [4.69, 9.17) is 16.7 Å². The zero-order valence-corrected chi connectivity index (χ0v) is 6.77. The molecule has 0 saturated heterocycles. The van der Waals surface area contributed by atoms with Crippen LogP contribution in [0.25, 0.3) is 0 Å². The van der Waals surface area contributed by atoms with Gasteiger partial charge in [0.05, 0.1) is 0 Å². The summed E-state index contributed by atoms with van der Waals surface area (Å²) >= 11 is 5.36. The topological polar surface area (TPSA) is 20.2 Å². The van der Waals surface area contributed by atoms with E-state index >= 15 is 0 Å². The summed E-state index contributed by atoms with van der Waals surface area (Å²) in [7, 11) is 0. The van der Waals surface area contributed by atoms with Crippen LogP contribution in [0.5, 0.6) is 0 Å². The lowest BCUT2D eigenvalue weighted by atomic mass is 10.2. The number of halogens is 2. The number of rotatable bonds is 1. The molecule has 0 aromatic heterocycles. The molecule has 0 aliphatic heterocycles. The number of aliphatic hydroxyl groups excluding tert-OH is 1. The molecule has 0 bridgehead atoms. The van der Waals surface area contributed by atoms with Gasteiger partial charge in [-0.1, -0.05) is 41.9 Å². The van der Waals surface area contributed by atoms with Crippen molar-refractivity contribution in [3.63, 3.8) is 0 Å². The van der Waals surface area contributed by atoms with Gasteiger partial charge in [0.15, 0.2) is 5.56 Å². The number of hydrogen-bond acceptors (Lipinski definition) is 1. The molecular formula is C7H8Cl2O. The number of benzene rings is 1. The van der Waals surface area contributed by atoms with E-state index in [1.54, 1.807) is 12.1 Å². The van der Waals surface area contributed by atoms with Crippen molar-refractivity contribution in [3.8, 4) is 0 Å². The van der Waals surface area contributed by atoms with E-state index in [1.807, 2.05) is 18.2 Å². The minimum Gasteiger partial charge on any atom is -0.373 e. The third-order valence-electron chi connectivity index (χ3n) is 1.07. The van der Waals surface area contributed by atoms with Crippen molar-refractivity contribution in [2.75, 3.05) is 0 Å². The molecule has 1 N–H and O–H groups in total. The summed E-state index contributed by atoms with van der Waals surface area (Å²) in [6, 6.07) is 9.10. The summed E-state index contributed by atoms with van der Waals surface area (Å²) in [4.78, 5) is 0. The van der Waals surface area contributed by atoms with Gasteiger partial charge < -0.3 is 5.11 Å². The van der Waals surface area contributed by atoms with Crippen LogP contribution in [-0.2, 0) is 0 Å². The third-order valence-corrected chi connectivity index (χ3v) is 1.33. The molecule has 0 saturated carbocycles. The second-order valence-corrected chi connectivity index (χ2v) is 2.16. The second-order valence-electron chi connectivity index (χ2n) is 1.75. The van der Waals surface area contributed by atoms with Crippen molar-refractivity contribution in [1.82, 2.24) is 0 Å². The maximum Gasteiger partial charge on any atom is 0.153 e. The van der Waals surface area contributed by atoms with Gasteiger partial charge in [-0.25, -0.2) is 0 Å². The fourth-order valence-electron chi connectivity index (χ4n) is 0.612. The van der Waals surface area contributed by atoms with Gasteiger partial charge in [-0.2, -0.15) is 0 Å². The second kappa shape index (κ2) is 4.56. The standard InChI is InChI=1S/C7H7ClO.ClH/c8-7(9)6-4-2-1-3-5-6;/h1-5,7,9H;1H. The van der Waals surface area contributed by atoms with E-state index < -0.39 is 5.56 Å². The Morgan fingerprint density at radius 3 is 2.00 bits per heavy atom. The molecule has 1 rings (SSSR count). The van der Waals surface area contributed by atoms with Crippen molar-refractivity contribution >= 4 is 24.0 Å². The van der Waals surface area contributed by atoms with Crippen molar-refractivity contribution in [3.05, 3.63) is 35.9 Å². The van der Waals surface area contributed by atoms with Crippen molar-refractivity contribution < 1.29 is 5.11 Å². The third kappa shape index (κ3) is 2.56. The first kappa shape index (κ1) is 9.76. The minimum atomic E-state index is -0.869. The lowest BCUT2D eigenvalue weighted by molar-refractivity contribution is 0.263. The summed E-state index contributed by atoms with van der Waals surface area (Å²) in [5, 5.41) is 8.79. The Kier molecular flexibility index (Phi) is 4.45. The molecule has 0 aliphatic carbocycles. The Labute approximate surface area is 71.0 Å². The Morgan fingerprint density at radius 1 is 1.20 bits per heavy atom. The highest BCUT2D eigenvalue weighted by Crippen LogP contribution is 2.14. The number of aliphatic hydroxyl groups is 1. The van der Waals surface area contributed by atoms with E-state index in [9.17, 15) is 0 Å². The van der Waals surface area contributed by atoms with Gasteiger partial charge in [0.1, 0.15) is 0 Å². The summed E-state index contributed by atoms with van der Waals surface area (Å²) in [5.74, 6) is 0. The highest BCUT2D eigenvalue weighted by Gasteiger charge is 1.97. The van der Waals surface area contributed by atoms with Crippen molar-refractivity contribution in [2.24, 2.45) is 0 Å². The number of alkyl halides is 1. The molecule has 0 radical (unpaired) electrons. The summed E-state index contributed by atoms with van der Waals surface area (Å²) < 4.78 is 0. The van der Waals surface area contributed by atoms with E-state index in [2.05, 4.69) is 0 Å². The Balaban J connectivity index is 0.000000810. The fourth-order valence-corrected chi connectivity index (χ4v) is 0.757. The van der Waals surface area contributed by atoms with Gasteiger partial charge in [0, 0.05) is 0 Å². The van der Waals surface area contributed by atoms with Crippen LogP contribution in [0.15, 0.2) is 30.3 Å². The highest BCUT2D eigenvalue weighted by molar-refractivity contribution is 6.19. The van der Waals surface area contributed by atoms with Crippen LogP contribution in [-0.4, -0.2) is 5.11 Å². The van der Waals surface area contributed by atoms with E-state index in [-0.39, 0.29) is 12.4 Å². The van der Waals surface area contributed by atoms with E-state index in [0.29, 0.717) is 0 Å².